The van der Waals surface area contributed by atoms with Crippen LogP contribution in [0.3, 0.4) is 0 Å². The fourth-order valence-electron chi connectivity index (χ4n) is 12.4. The van der Waals surface area contributed by atoms with Crippen molar-refractivity contribution in [1.29, 1.82) is 0 Å². The average molecular weight is 1140 g/mol. The van der Waals surface area contributed by atoms with Crippen LogP contribution >= 0.6 is 0 Å². The number of rotatable bonds is 7. The number of morpholine rings is 1. The highest BCUT2D eigenvalue weighted by Gasteiger charge is 2.33. The van der Waals surface area contributed by atoms with Crippen LogP contribution in [0.15, 0.2) is 0 Å². The second-order valence-electron chi connectivity index (χ2n) is 30.7. The van der Waals surface area contributed by atoms with E-state index in [0.717, 1.165) is 50.1 Å². The molecule has 0 aromatic heterocycles. The Balaban J connectivity index is 0.000000468. The lowest BCUT2D eigenvalue weighted by molar-refractivity contribution is -0.0764. The Kier molecular flexibility index (Phi) is 36.7. The molecule has 0 amide bonds. The van der Waals surface area contributed by atoms with E-state index in [1.165, 1.54) is 117 Å². The summed E-state index contributed by atoms with van der Waals surface area (Å²) in [5.74, 6) is 0.916. The Morgan fingerprint density at radius 1 is 0.400 bits per heavy atom. The minimum atomic E-state index is -0.689. The lowest BCUT2D eigenvalue weighted by Gasteiger charge is -2.42. The van der Waals surface area contributed by atoms with Crippen molar-refractivity contribution in [2.24, 2.45) is 5.92 Å². The Hall–Kier alpha value is -0.550. The molecule has 7 aliphatic rings. The summed E-state index contributed by atoms with van der Waals surface area (Å²) in [7, 11) is 12.7. The van der Waals surface area contributed by atoms with E-state index in [4.69, 9.17) is 4.74 Å². The number of halogens is 1. The molecule has 7 rings (SSSR count). The minimum absolute atomic E-state index is 0.120. The first-order chi connectivity index (χ1) is 36.8. The number of piperidine rings is 2. The van der Waals surface area contributed by atoms with E-state index in [-0.39, 0.29) is 6.04 Å². The SMILES string of the molecule is CC(C)N1CCCCCC1.CC(C)N1CC[C@@H](N(C)C)[C@@H](F)C1.CC(C)N1C[C@@H](C)N[C@@H](C)C1.CC(C)N1C[C@@H](C)O[C@@H](C)C1.CN(C)C1CCN(C(C)(C)C)CC1.CN(C)[C@H]1CCN(C(C)(C)C)C1.C[C@@H]1CCN(C(C)(C)C)C1. The Morgan fingerprint density at radius 3 is 1.11 bits per heavy atom. The largest absolute Gasteiger partial charge is 0.373 e. The molecule has 80 heavy (non-hydrogen) atoms. The normalized spacial score (nSPS) is 28.9. The van der Waals surface area contributed by atoms with Gasteiger partial charge in [0, 0.05) is 143 Å². The van der Waals surface area contributed by atoms with Gasteiger partial charge in [-0.2, -0.15) is 0 Å². The zero-order chi connectivity index (χ0) is 61.5. The van der Waals surface area contributed by atoms with E-state index in [1.807, 2.05) is 19.0 Å². The summed E-state index contributed by atoms with van der Waals surface area (Å²) in [6.45, 7) is 66.2. The van der Waals surface area contributed by atoms with Crippen molar-refractivity contribution in [2.75, 3.05) is 134 Å². The zero-order valence-electron chi connectivity index (χ0n) is 59.0. The molecule has 1 N–H and O–H groups in total. The third-order valence-corrected chi connectivity index (χ3v) is 18.2. The van der Waals surface area contributed by atoms with Crippen LogP contribution < -0.4 is 5.32 Å². The Labute approximate surface area is 500 Å². The van der Waals surface area contributed by atoms with E-state index in [9.17, 15) is 4.39 Å². The number of alkyl halides is 1. The molecule has 0 aromatic carbocycles. The minimum Gasteiger partial charge on any atom is -0.373 e. The molecule has 12 nitrogen and oxygen atoms in total. The molecule has 0 saturated carbocycles. The van der Waals surface area contributed by atoms with E-state index >= 15 is 0 Å². The van der Waals surface area contributed by atoms with Crippen LogP contribution in [0.25, 0.3) is 0 Å². The summed E-state index contributed by atoms with van der Waals surface area (Å²) in [5, 5.41) is 3.52. The van der Waals surface area contributed by atoms with E-state index in [0.29, 0.717) is 65.6 Å². The number of hydrogen-bond acceptors (Lipinski definition) is 12. The molecule has 480 valence electrons. The number of likely N-dealkylation sites (tertiary alicyclic amines) is 5. The molecule has 0 spiro atoms. The smallest absolute Gasteiger partial charge is 0.128 e. The molecule has 7 saturated heterocycles. The number of nitrogens with zero attached hydrogens (tertiary/aromatic N) is 10. The molecule has 7 heterocycles. The lowest BCUT2D eigenvalue weighted by Crippen LogP contribution is -2.55. The molecule has 7 fully saturated rings. The van der Waals surface area contributed by atoms with Crippen molar-refractivity contribution in [3.8, 4) is 0 Å². The van der Waals surface area contributed by atoms with Gasteiger partial charge in [0.05, 0.1) is 12.2 Å². The van der Waals surface area contributed by atoms with Crippen molar-refractivity contribution < 1.29 is 9.13 Å². The molecular weight excluding hydrogens is 994 g/mol. The molecule has 0 unspecified atom stereocenters. The van der Waals surface area contributed by atoms with Crippen LogP contribution in [0.1, 0.15) is 210 Å². The van der Waals surface area contributed by atoms with Gasteiger partial charge >= 0.3 is 0 Å². The van der Waals surface area contributed by atoms with Gasteiger partial charge in [0.15, 0.2) is 0 Å². The molecule has 7 aliphatic heterocycles. The van der Waals surface area contributed by atoms with Gasteiger partial charge in [-0.05, 0) is 258 Å². The number of ether oxygens (including phenoxy) is 1. The molecule has 0 aliphatic carbocycles. The van der Waals surface area contributed by atoms with Gasteiger partial charge in [-0.25, -0.2) is 4.39 Å². The number of hydrogen-bond donors (Lipinski definition) is 1. The van der Waals surface area contributed by atoms with Gasteiger partial charge in [0.2, 0.25) is 0 Å². The quantitative estimate of drug-likeness (QED) is 0.264. The summed E-state index contributed by atoms with van der Waals surface area (Å²) >= 11 is 0. The maximum Gasteiger partial charge on any atom is 0.128 e. The van der Waals surface area contributed by atoms with Crippen molar-refractivity contribution in [1.82, 2.24) is 54.3 Å². The number of nitrogens with one attached hydrogen (secondary N) is 1. The second-order valence-corrected chi connectivity index (χ2v) is 30.7. The van der Waals surface area contributed by atoms with Crippen LogP contribution in [-0.4, -0.2) is 272 Å². The first-order valence-corrected chi connectivity index (χ1v) is 33.1. The Morgan fingerprint density at radius 2 is 0.787 bits per heavy atom. The highest BCUT2D eigenvalue weighted by atomic mass is 19.1. The molecule has 0 aromatic rings. The van der Waals surface area contributed by atoms with Gasteiger partial charge in [-0.3, -0.25) is 29.4 Å². The molecule has 8 atom stereocenters. The summed E-state index contributed by atoms with van der Waals surface area (Å²) in [6.07, 6.45) is 12.2. The summed E-state index contributed by atoms with van der Waals surface area (Å²) in [5.41, 5.74) is 1.10. The standard InChI is InChI=1S/C11H24N2.C10H21FN2.C10H22N2.C9H20N2.C9H19NO.2C9H19N/c1-11(2,3)13-8-6-10(7-9-13)12(4)5;1-8(2)13-6-5-10(12(3)4)9(11)7-13;1-10(2,3)12-7-6-9(8-12)11(4)5;1-7(2)11-5-8(3)10-9(4)6-11;1-7(2)10-5-8(3)11-9(4)6-10;1-8-5-6-10(7-8)9(2,3)4;1-9(2)10-7-5-3-4-6-8-10/h10H,6-9H2,1-5H3;8-10H,5-7H2,1-4H3;9H,6-8H2,1-5H3;7-10H,5-6H2,1-4H3;7-9H,5-6H2,1-4H3;8H,5-7H2,1-4H3;9H,3-8H2,1-2H3/t;9-,10+;9-;2*8-,9+;8-;/m.00..1./s1. The molecule has 13 heteroatoms. The van der Waals surface area contributed by atoms with Gasteiger partial charge in [-0.1, -0.05) is 19.8 Å². The summed E-state index contributed by atoms with van der Waals surface area (Å²) < 4.78 is 19.3. The van der Waals surface area contributed by atoms with Crippen LogP contribution in [-0.2, 0) is 4.74 Å². The predicted molar refractivity (Wildman–Crippen MR) is 351 cm³/mol. The highest BCUT2D eigenvalue weighted by Crippen LogP contribution is 2.25. The number of likely N-dealkylation sites (N-methyl/N-ethyl adjacent to an activating group) is 1. The summed E-state index contributed by atoms with van der Waals surface area (Å²) in [6, 6.07) is 5.59. The van der Waals surface area contributed by atoms with Gasteiger partial charge < -0.3 is 29.7 Å². The second kappa shape index (κ2) is 37.9. The molecule has 0 bridgehead atoms. The number of piperazine rings is 1. The van der Waals surface area contributed by atoms with Crippen molar-refractivity contribution in [3.05, 3.63) is 0 Å². The van der Waals surface area contributed by atoms with Gasteiger partial charge in [0.1, 0.15) is 6.17 Å². The highest BCUT2D eigenvalue weighted by molar-refractivity contribution is 4.89. The van der Waals surface area contributed by atoms with Crippen molar-refractivity contribution in [3.63, 3.8) is 0 Å². The van der Waals surface area contributed by atoms with E-state index < -0.39 is 6.17 Å². The maximum absolute atomic E-state index is 13.6. The van der Waals surface area contributed by atoms with Crippen LogP contribution in [0.5, 0.6) is 0 Å². The van der Waals surface area contributed by atoms with Gasteiger partial charge in [0.25, 0.3) is 0 Å². The fraction of sp³-hybridized carbons (Fsp3) is 1.00. The van der Waals surface area contributed by atoms with Gasteiger partial charge in [-0.15, -0.1) is 0 Å². The predicted octanol–water partition coefficient (Wildman–Crippen LogP) is 11.6. The topological polar surface area (TPSA) is 53.7 Å². The monoisotopic (exact) mass is 1140 g/mol. The molecule has 0 radical (unpaired) electrons. The van der Waals surface area contributed by atoms with Crippen LogP contribution in [0.4, 0.5) is 4.39 Å². The van der Waals surface area contributed by atoms with E-state index in [1.54, 1.807) is 0 Å². The first-order valence-electron chi connectivity index (χ1n) is 33.1. The average Bonchev–Trinajstić information content (AvgIpc) is 3.95. The molecular formula is C67H144FN11O. The van der Waals surface area contributed by atoms with Crippen molar-refractivity contribution in [2.45, 2.75) is 299 Å². The van der Waals surface area contributed by atoms with Crippen LogP contribution in [0, 0.1) is 5.92 Å². The third-order valence-electron chi connectivity index (χ3n) is 18.2. The fourth-order valence-corrected chi connectivity index (χ4v) is 12.4. The first kappa shape index (κ1) is 77.5. The zero-order valence-corrected chi connectivity index (χ0v) is 59.0. The van der Waals surface area contributed by atoms with Crippen LogP contribution in [0.2, 0.25) is 0 Å². The summed E-state index contributed by atoms with van der Waals surface area (Å²) in [4.78, 5) is 24.2. The van der Waals surface area contributed by atoms with Crippen molar-refractivity contribution >= 4 is 0 Å². The Bertz CT molecular complexity index is 1470. The third kappa shape index (κ3) is 31.7. The lowest BCUT2D eigenvalue weighted by atomic mass is 9.98. The van der Waals surface area contributed by atoms with E-state index in [2.05, 4.69) is 230 Å². The maximum atomic E-state index is 13.6.